The molecule has 4 rings (SSSR count). The number of hydrogen-bond donors (Lipinski definition) is 1. The molecule has 1 atom stereocenters. The van der Waals surface area contributed by atoms with E-state index in [9.17, 15) is 9.59 Å². The number of amides is 1. The van der Waals surface area contributed by atoms with Gasteiger partial charge in [0.25, 0.3) is 5.91 Å². The molecule has 0 spiro atoms. The van der Waals surface area contributed by atoms with E-state index < -0.39 is 5.97 Å². The Balaban J connectivity index is 1.55. The third-order valence-electron chi connectivity index (χ3n) is 5.11. The maximum Gasteiger partial charge on any atom is 0.325 e. The SMILES string of the molecule is O=C(O)Cn1ccc(C2CCCN(C(=O)c3cccc4ccccc34)C2)n1. The molecule has 138 valence electrons. The fourth-order valence-corrected chi connectivity index (χ4v) is 3.81. The topological polar surface area (TPSA) is 75.4 Å². The van der Waals surface area contributed by atoms with E-state index in [2.05, 4.69) is 5.10 Å². The lowest BCUT2D eigenvalue weighted by Gasteiger charge is -2.32. The van der Waals surface area contributed by atoms with Crippen molar-refractivity contribution in [2.45, 2.75) is 25.3 Å². The molecule has 1 aliphatic rings. The number of fused-ring (bicyclic) bond motifs is 1. The summed E-state index contributed by atoms with van der Waals surface area (Å²) in [5, 5.41) is 15.3. The van der Waals surface area contributed by atoms with E-state index in [-0.39, 0.29) is 18.4 Å². The zero-order valence-electron chi connectivity index (χ0n) is 14.9. The Bertz CT molecular complexity index is 990. The second-order valence-corrected chi connectivity index (χ2v) is 6.95. The largest absolute Gasteiger partial charge is 0.480 e. The van der Waals surface area contributed by atoms with Gasteiger partial charge in [0, 0.05) is 30.8 Å². The molecule has 1 amide bonds. The lowest BCUT2D eigenvalue weighted by molar-refractivity contribution is -0.137. The fourth-order valence-electron chi connectivity index (χ4n) is 3.81. The summed E-state index contributed by atoms with van der Waals surface area (Å²) < 4.78 is 1.43. The molecule has 27 heavy (non-hydrogen) atoms. The maximum atomic E-state index is 13.2. The van der Waals surface area contributed by atoms with Gasteiger partial charge in [-0.1, -0.05) is 36.4 Å². The van der Waals surface area contributed by atoms with Crippen molar-refractivity contribution in [3.63, 3.8) is 0 Å². The Morgan fingerprint density at radius 2 is 1.93 bits per heavy atom. The quantitative estimate of drug-likeness (QED) is 0.773. The number of carboxylic acids is 1. The van der Waals surface area contributed by atoms with Gasteiger partial charge in [-0.15, -0.1) is 0 Å². The number of piperidine rings is 1. The van der Waals surface area contributed by atoms with Crippen molar-refractivity contribution in [1.29, 1.82) is 0 Å². The summed E-state index contributed by atoms with van der Waals surface area (Å²) in [6.45, 7) is 1.19. The first-order valence-electron chi connectivity index (χ1n) is 9.14. The van der Waals surface area contributed by atoms with Gasteiger partial charge < -0.3 is 10.0 Å². The number of hydrogen-bond acceptors (Lipinski definition) is 3. The smallest absolute Gasteiger partial charge is 0.325 e. The van der Waals surface area contributed by atoms with Crippen molar-refractivity contribution in [1.82, 2.24) is 14.7 Å². The highest BCUT2D eigenvalue weighted by Crippen LogP contribution is 2.28. The Labute approximate surface area is 157 Å². The normalized spacial score (nSPS) is 17.2. The third-order valence-corrected chi connectivity index (χ3v) is 5.11. The molecule has 1 fully saturated rings. The molecule has 6 nitrogen and oxygen atoms in total. The predicted octanol–water partition coefficient (Wildman–Crippen LogP) is 3.14. The minimum absolute atomic E-state index is 0.0430. The molecule has 1 aromatic heterocycles. The number of rotatable bonds is 4. The molecule has 0 radical (unpaired) electrons. The highest BCUT2D eigenvalue weighted by molar-refractivity contribution is 6.07. The van der Waals surface area contributed by atoms with Crippen LogP contribution in [-0.4, -0.2) is 44.8 Å². The van der Waals surface area contributed by atoms with Crippen LogP contribution in [0.3, 0.4) is 0 Å². The molecule has 2 heterocycles. The number of carbonyl (C=O) groups excluding carboxylic acids is 1. The van der Waals surface area contributed by atoms with E-state index in [1.807, 2.05) is 53.4 Å². The van der Waals surface area contributed by atoms with Gasteiger partial charge in [0.1, 0.15) is 6.54 Å². The Kier molecular flexibility index (Phi) is 4.62. The van der Waals surface area contributed by atoms with Gasteiger partial charge in [0.2, 0.25) is 0 Å². The summed E-state index contributed by atoms with van der Waals surface area (Å²) in [6, 6.07) is 15.6. The summed E-state index contributed by atoms with van der Waals surface area (Å²) in [5.74, 6) is -0.741. The Morgan fingerprint density at radius 1 is 1.11 bits per heavy atom. The first-order valence-corrected chi connectivity index (χ1v) is 9.14. The Morgan fingerprint density at radius 3 is 2.78 bits per heavy atom. The lowest BCUT2D eigenvalue weighted by Crippen LogP contribution is -2.39. The fraction of sp³-hybridized carbons (Fsp3) is 0.286. The van der Waals surface area contributed by atoms with Crippen LogP contribution < -0.4 is 0 Å². The Hall–Kier alpha value is -3.15. The van der Waals surface area contributed by atoms with Crippen molar-refractivity contribution in [2.75, 3.05) is 13.1 Å². The van der Waals surface area contributed by atoms with E-state index in [4.69, 9.17) is 5.11 Å². The van der Waals surface area contributed by atoms with E-state index in [0.29, 0.717) is 6.54 Å². The van der Waals surface area contributed by atoms with Crippen LogP contribution in [0.5, 0.6) is 0 Å². The number of benzene rings is 2. The number of likely N-dealkylation sites (tertiary alicyclic amines) is 1. The molecule has 0 saturated carbocycles. The number of carbonyl (C=O) groups is 2. The molecule has 0 aliphatic carbocycles. The van der Waals surface area contributed by atoms with Crippen LogP contribution in [0.1, 0.15) is 34.8 Å². The molecule has 3 aromatic rings. The van der Waals surface area contributed by atoms with Crippen LogP contribution in [0.4, 0.5) is 0 Å². The first kappa shape index (κ1) is 17.3. The highest BCUT2D eigenvalue weighted by atomic mass is 16.4. The monoisotopic (exact) mass is 363 g/mol. The minimum atomic E-state index is -0.916. The van der Waals surface area contributed by atoms with Crippen LogP contribution in [0.15, 0.2) is 54.7 Å². The number of carboxylic acid groups (broad SMARTS) is 1. The van der Waals surface area contributed by atoms with Crippen LogP contribution in [0.25, 0.3) is 10.8 Å². The summed E-state index contributed by atoms with van der Waals surface area (Å²) in [4.78, 5) is 25.9. The molecule has 1 aliphatic heterocycles. The molecule has 1 N–H and O–H groups in total. The molecule has 0 bridgehead atoms. The van der Waals surface area contributed by atoms with Crippen LogP contribution >= 0.6 is 0 Å². The van der Waals surface area contributed by atoms with E-state index in [1.165, 1.54) is 4.68 Å². The summed E-state index contributed by atoms with van der Waals surface area (Å²) in [5.41, 5.74) is 1.58. The van der Waals surface area contributed by atoms with Crippen molar-refractivity contribution in [3.05, 3.63) is 66.0 Å². The van der Waals surface area contributed by atoms with Crippen molar-refractivity contribution in [2.24, 2.45) is 0 Å². The summed E-state index contributed by atoms with van der Waals surface area (Å²) >= 11 is 0. The third kappa shape index (κ3) is 3.56. The molecule has 6 heteroatoms. The van der Waals surface area contributed by atoms with Gasteiger partial charge in [-0.25, -0.2) is 0 Å². The van der Waals surface area contributed by atoms with E-state index >= 15 is 0 Å². The second-order valence-electron chi connectivity index (χ2n) is 6.95. The zero-order valence-corrected chi connectivity index (χ0v) is 14.9. The molecule has 1 saturated heterocycles. The standard InChI is InChI=1S/C21H21N3O3/c25-20(26)14-24-12-10-19(22-24)16-7-4-11-23(13-16)21(27)18-9-3-6-15-5-1-2-8-17(15)18/h1-3,5-6,8-10,12,16H,4,7,11,13-14H2,(H,25,26). The van der Waals surface area contributed by atoms with Gasteiger partial charge in [0.05, 0.1) is 5.69 Å². The van der Waals surface area contributed by atoms with Gasteiger partial charge in [-0.2, -0.15) is 5.10 Å². The number of nitrogens with zero attached hydrogens (tertiary/aromatic N) is 3. The van der Waals surface area contributed by atoms with Crippen molar-refractivity contribution >= 4 is 22.6 Å². The first-order chi connectivity index (χ1) is 13.1. The van der Waals surface area contributed by atoms with Gasteiger partial charge >= 0.3 is 5.97 Å². The number of aromatic nitrogens is 2. The zero-order chi connectivity index (χ0) is 18.8. The van der Waals surface area contributed by atoms with Crippen molar-refractivity contribution in [3.8, 4) is 0 Å². The molecule has 1 unspecified atom stereocenters. The summed E-state index contributed by atoms with van der Waals surface area (Å²) in [6.07, 6.45) is 3.55. The average molecular weight is 363 g/mol. The van der Waals surface area contributed by atoms with Gasteiger partial charge in [-0.05, 0) is 35.7 Å². The van der Waals surface area contributed by atoms with Crippen LogP contribution in [0, 0.1) is 0 Å². The maximum absolute atomic E-state index is 13.2. The van der Waals surface area contributed by atoms with Crippen LogP contribution in [-0.2, 0) is 11.3 Å². The van der Waals surface area contributed by atoms with Gasteiger partial charge in [0.15, 0.2) is 0 Å². The molecule has 2 aromatic carbocycles. The minimum Gasteiger partial charge on any atom is -0.480 e. The number of aliphatic carboxylic acids is 1. The summed E-state index contributed by atoms with van der Waals surface area (Å²) in [7, 11) is 0. The predicted molar refractivity (Wildman–Crippen MR) is 102 cm³/mol. The van der Waals surface area contributed by atoms with E-state index in [0.717, 1.165) is 41.4 Å². The van der Waals surface area contributed by atoms with Gasteiger partial charge in [-0.3, -0.25) is 14.3 Å². The highest BCUT2D eigenvalue weighted by Gasteiger charge is 2.27. The molecular weight excluding hydrogens is 342 g/mol. The van der Waals surface area contributed by atoms with Crippen LogP contribution in [0.2, 0.25) is 0 Å². The average Bonchev–Trinajstić information content (AvgIpc) is 3.15. The van der Waals surface area contributed by atoms with E-state index in [1.54, 1.807) is 6.20 Å². The second kappa shape index (κ2) is 7.23. The molecular formula is C21H21N3O3. The lowest BCUT2D eigenvalue weighted by atomic mass is 9.94. The van der Waals surface area contributed by atoms with Crippen molar-refractivity contribution < 1.29 is 14.7 Å².